The predicted molar refractivity (Wildman–Crippen MR) is 62.8 cm³/mol. The third-order valence-electron chi connectivity index (χ3n) is 1.88. The summed E-state index contributed by atoms with van der Waals surface area (Å²) in [5.41, 5.74) is 6.14. The Hall–Kier alpha value is -2.01. The van der Waals surface area contributed by atoms with Crippen LogP contribution in [0.2, 0.25) is 5.02 Å². The minimum atomic E-state index is -0.00410. The molecule has 0 spiro atoms. The Bertz CT molecular complexity index is 518. The molecule has 0 radical (unpaired) electrons. The van der Waals surface area contributed by atoms with Gasteiger partial charge in [-0.1, -0.05) is 11.6 Å². The molecule has 16 heavy (non-hydrogen) atoms. The molecule has 0 bridgehead atoms. The lowest BCUT2D eigenvalue weighted by Crippen LogP contribution is -1.99. The lowest BCUT2D eigenvalue weighted by molar-refractivity contribution is 0.476. The fourth-order valence-electron chi connectivity index (χ4n) is 1.15. The molecule has 4 N–H and O–H groups in total. The average Bonchev–Trinajstić information content (AvgIpc) is 2.24. The number of phenols is 1. The number of aromatic nitrogens is 2. The van der Waals surface area contributed by atoms with E-state index in [4.69, 9.17) is 17.3 Å². The number of nitrogens with one attached hydrogen (secondary N) is 1. The van der Waals surface area contributed by atoms with E-state index in [0.717, 1.165) is 0 Å². The van der Waals surface area contributed by atoms with E-state index in [1.807, 2.05) is 0 Å². The number of nitrogens with two attached hydrogens (primary N) is 1. The molecular weight excluding hydrogens is 228 g/mol. The quantitative estimate of drug-likeness (QED) is 0.744. The summed E-state index contributed by atoms with van der Waals surface area (Å²) in [6.07, 6.45) is 1.54. The molecule has 1 heterocycles. The number of phenolic OH excluding ortho intramolecular Hbond substituents is 1. The standard InChI is InChI=1S/C10H9ClN4O/c11-7-2-1-6(5-8(7)16)14-10-13-4-3-9(12)15-10/h1-5,16H,(H3,12,13,14,15). The van der Waals surface area contributed by atoms with Gasteiger partial charge in [0, 0.05) is 18.0 Å². The van der Waals surface area contributed by atoms with Crippen LogP contribution in [0.3, 0.4) is 0 Å². The maximum Gasteiger partial charge on any atom is 0.229 e. The smallest absolute Gasteiger partial charge is 0.229 e. The van der Waals surface area contributed by atoms with Crippen molar-refractivity contribution in [1.29, 1.82) is 0 Å². The molecule has 0 unspecified atom stereocenters. The second-order valence-electron chi connectivity index (χ2n) is 3.10. The number of aromatic hydroxyl groups is 1. The molecule has 0 saturated heterocycles. The van der Waals surface area contributed by atoms with Crippen molar-refractivity contribution in [2.24, 2.45) is 0 Å². The van der Waals surface area contributed by atoms with Crippen LogP contribution in [0.1, 0.15) is 0 Å². The first-order valence-electron chi connectivity index (χ1n) is 4.49. The first-order chi connectivity index (χ1) is 7.65. The predicted octanol–water partition coefficient (Wildman–Crippen LogP) is 2.16. The van der Waals surface area contributed by atoms with E-state index in [9.17, 15) is 5.11 Å². The summed E-state index contributed by atoms with van der Waals surface area (Å²) >= 11 is 5.68. The van der Waals surface area contributed by atoms with E-state index >= 15 is 0 Å². The van der Waals surface area contributed by atoms with Crippen LogP contribution in [0, 0.1) is 0 Å². The molecule has 6 heteroatoms. The SMILES string of the molecule is Nc1ccnc(Nc2ccc(Cl)c(O)c2)n1. The van der Waals surface area contributed by atoms with Crippen LogP contribution in [-0.2, 0) is 0 Å². The van der Waals surface area contributed by atoms with Crippen molar-refractivity contribution in [2.45, 2.75) is 0 Å². The van der Waals surface area contributed by atoms with Gasteiger partial charge < -0.3 is 16.2 Å². The van der Waals surface area contributed by atoms with Gasteiger partial charge >= 0.3 is 0 Å². The van der Waals surface area contributed by atoms with Gasteiger partial charge in [0.2, 0.25) is 5.95 Å². The third-order valence-corrected chi connectivity index (χ3v) is 2.20. The van der Waals surface area contributed by atoms with Gasteiger partial charge in [-0.25, -0.2) is 4.98 Å². The summed E-state index contributed by atoms with van der Waals surface area (Å²) in [5.74, 6) is 0.730. The topological polar surface area (TPSA) is 84.1 Å². The fraction of sp³-hybridized carbons (Fsp3) is 0. The van der Waals surface area contributed by atoms with Gasteiger partial charge in [0.25, 0.3) is 0 Å². The lowest BCUT2D eigenvalue weighted by atomic mass is 10.3. The Labute approximate surface area is 96.9 Å². The highest BCUT2D eigenvalue weighted by Gasteiger charge is 2.02. The molecule has 0 aliphatic rings. The Balaban J connectivity index is 2.24. The summed E-state index contributed by atoms with van der Waals surface area (Å²) in [4.78, 5) is 7.93. The molecule has 1 aromatic carbocycles. The summed E-state index contributed by atoms with van der Waals surface area (Å²) in [6, 6.07) is 6.35. The fourth-order valence-corrected chi connectivity index (χ4v) is 1.27. The van der Waals surface area contributed by atoms with Crippen molar-refractivity contribution in [3.8, 4) is 5.75 Å². The monoisotopic (exact) mass is 236 g/mol. The Morgan fingerprint density at radius 1 is 1.31 bits per heavy atom. The molecular formula is C10H9ClN4O. The van der Waals surface area contributed by atoms with Crippen LogP contribution in [0.4, 0.5) is 17.5 Å². The largest absolute Gasteiger partial charge is 0.506 e. The van der Waals surface area contributed by atoms with E-state index in [2.05, 4.69) is 15.3 Å². The van der Waals surface area contributed by atoms with Gasteiger partial charge in [-0.2, -0.15) is 4.98 Å². The van der Waals surface area contributed by atoms with Crippen LogP contribution in [0.15, 0.2) is 30.5 Å². The van der Waals surface area contributed by atoms with Crippen LogP contribution in [0.25, 0.3) is 0 Å². The van der Waals surface area contributed by atoms with Gasteiger partial charge in [-0.05, 0) is 18.2 Å². The number of anilines is 3. The zero-order chi connectivity index (χ0) is 11.5. The van der Waals surface area contributed by atoms with Gasteiger partial charge in [0.15, 0.2) is 0 Å². The number of rotatable bonds is 2. The van der Waals surface area contributed by atoms with E-state index in [-0.39, 0.29) is 5.75 Å². The minimum absolute atomic E-state index is 0.00410. The number of halogens is 1. The van der Waals surface area contributed by atoms with Crippen LogP contribution < -0.4 is 11.1 Å². The van der Waals surface area contributed by atoms with Crippen molar-refractivity contribution in [1.82, 2.24) is 9.97 Å². The minimum Gasteiger partial charge on any atom is -0.506 e. The second kappa shape index (κ2) is 4.24. The van der Waals surface area contributed by atoms with E-state index < -0.39 is 0 Å². The summed E-state index contributed by atoms with van der Waals surface area (Å²) in [7, 11) is 0. The van der Waals surface area contributed by atoms with Crippen LogP contribution in [0.5, 0.6) is 5.75 Å². The molecule has 1 aromatic heterocycles. The normalized spacial score (nSPS) is 10.1. The zero-order valence-corrected chi connectivity index (χ0v) is 8.94. The zero-order valence-electron chi connectivity index (χ0n) is 8.18. The van der Waals surface area contributed by atoms with Crippen molar-refractivity contribution >= 4 is 29.1 Å². The molecule has 82 valence electrons. The van der Waals surface area contributed by atoms with Crippen molar-refractivity contribution in [3.05, 3.63) is 35.5 Å². The molecule has 0 fully saturated rings. The molecule has 0 amide bonds. The number of nitrogen functional groups attached to an aromatic ring is 1. The Morgan fingerprint density at radius 2 is 2.12 bits per heavy atom. The maximum absolute atomic E-state index is 9.40. The number of nitrogens with zero attached hydrogens (tertiary/aromatic N) is 2. The first-order valence-corrected chi connectivity index (χ1v) is 4.87. The molecule has 0 atom stereocenters. The summed E-state index contributed by atoms with van der Waals surface area (Å²) in [5, 5.41) is 12.6. The van der Waals surface area contributed by atoms with Gasteiger partial charge in [-0.3, -0.25) is 0 Å². The number of hydrogen-bond donors (Lipinski definition) is 3. The molecule has 2 aromatic rings. The van der Waals surface area contributed by atoms with Crippen molar-refractivity contribution < 1.29 is 5.11 Å². The molecule has 0 saturated carbocycles. The van der Waals surface area contributed by atoms with Crippen molar-refractivity contribution in [3.63, 3.8) is 0 Å². The van der Waals surface area contributed by atoms with Gasteiger partial charge in [0.05, 0.1) is 5.02 Å². The first kappa shape index (κ1) is 10.5. The lowest BCUT2D eigenvalue weighted by Gasteiger charge is -2.05. The Morgan fingerprint density at radius 3 is 2.81 bits per heavy atom. The third kappa shape index (κ3) is 2.32. The number of benzene rings is 1. The Kier molecular flexibility index (Phi) is 2.78. The number of hydrogen-bond acceptors (Lipinski definition) is 5. The van der Waals surface area contributed by atoms with Gasteiger partial charge in [-0.15, -0.1) is 0 Å². The second-order valence-corrected chi connectivity index (χ2v) is 3.50. The molecule has 5 nitrogen and oxygen atoms in total. The van der Waals surface area contributed by atoms with E-state index in [0.29, 0.717) is 22.5 Å². The summed E-state index contributed by atoms with van der Waals surface area (Å²) in [6.45, 7) is 0. The summed E-state index contributed by atoms with van der Waals surface area (Å²) < 4.78 is 0. The van der Waals surface area contributed by atoms with E-state index in [1.165, 1.54) is 6.07 Å². The van der Waals surface area contributed by atoms with E-state index in [1.54, 1.807) is 24.4 Å². The average molecular weight is 237 g/mol. The molecule has 2 rings (SSSR count). The highest BCUT2D eigenvalue weighted by Crippen LogP contribution is 2.27. The van der Waals surface area contributed by atoms with Crippen LogP contribution >= 0.6 is 11.6 Å². The molecule has 0 aliphatic carbocycles. The maximum atomic E-state index is 9.40. The van der Waals surface area contributed by atoms with Crippen molar-refractivity contribution in [2.75, 3.05) is 11.1 Å². The highest BCUT2D eigenvalue weighted by molar-refractivity contribution is 6.32. The van der Waals surface area contributed by atoms with Gasteiger partial charge in [0.1, 0.15) is 11.6 Å². The van der Waals surface area contributed by atoms with Crippen LogP contribution in [-0.4, -0.2) is 15.1 Å². The molecule has 0 aliphatic heterocycles. The highest BCUT2D eigenvalue weighted by atomic mass is 35.5.